The Labute approximate surface area is 182 Å². The topological polar surface area (TPSA) is 123 Å². The van der Waals surface area contributed by atoms with Gasteiger partial charge in [-0.05, 0) is 32.0 Å². The number of nitrogens with one attached hydrogen (secondary N) is 2. The predicted octanol–water partition coefficient (Wildman–Crippen LogP) is -0.125. The first-order chi connectivity index (χ1) is 14.7. The predicted molar refractivity (Wildman–Crippen MR) is 112 cm³/mol. The molecule has 0 aliphatic carbocycles. The van der Waals surface area contributed by atoms with E-state index in [1.54, 1.807) is 32.0 Å². The number of hydrogen-bond acceptors (Lipinski definition) is 7. The molecule has 2 aliphatic rings. The summed E-state index contributed by atoms with van der Waals surface area (Å²) >= 11 is 0. The average Bonchev–Trinajstić information content (AvgIpc) is 3.15. The molecule has 11 heteroatoms. The van der Waals surface area contributed by atoms with E-state index < -0.39 is 38.6 Å². The number of methoxy groups -OCH3 is 2. The van der Waals surface area contributed by atoms with Crippen LogP contribution in [0.3, 0.4) is 0 Å². The summed E-state index contributed by atoms with van der Waals surface area (Å²) in [4.78, 5) is 25.9. The van der Waals surface area contributed by atoms with Gasteiger partial charge in [0.25, 0.3) is 5.91 Å². The Morgan fingerprint density at radius 1 is 1.35 bits per heavy atom. The summed E-state index contributed by atoms with van der Waals surface area (Å²) in [7, 11) is -0.613. The van der Waals surface area contributed by atoms with Crippen LogP contribution in [0.15, 0.2) is 18.2 Å². The molecular weight excluding hydrogens is 426 g/mol. The number of amides is 2. The lowest BCUT2D eigenvalue weighted by Gasteiger charge is -2.36. The molecule has 2 saturated heterocycles. The van der Waals surface area contributed by atoms with E-state index in [-0.39, 0.29) is 26.2 Å². The first kappa shape index (κ1) is 23.3. The molecule has 0 aromatic heterocycles. The molecule has 0 bridgehead atoms. The first-order valence-corrected chi connectivity index (χ1v) is 11.6. The average molecular weight is 456 g/mol. The summed E-state index contributed by atoms with van der Waals surface area (Å²) in [5, 5.41) is 4.83. The fourth-order valence-electron chi connectivity index (χ4n) is 3.89. The van der Waals surface area contributed by atoms with Gasteiger partial charge in [-0.3, -0.25) is 9.59 Å². The zero-order valence-corrected chi connectivity index (χ0v) is 19.0. The van der Waals surface area contributed by atoms with Gasteiger partial charge in [-0.25, -0.2) is 8.42 Å². The maximum Gasteiger partial charge on any atom is 0.254 e. The molecule has 172 valence electrons. The maximum atomic E-state index is 13.2. The Hall–Kier alpha value is -2.37. The molecule has 0 saturated carbocycles. The van der Waals surface area contributed by atoms with Gasteiger partial charge in [0.2, 0.25) is 15.9 Å². The lowest BCUT2D eigenvalue weighted by molar-refractivity contribution is -0.163. The Morgan fingerprint density at radius 2 is 2.10 bits per heavy atom. The highest BCUT2D eigenvalue weighted by molar-refractivity contribution is 7.89. The zero-order valence-electron chi connectivity index (χ0n) is 18.1. The summed E-state index contributed by atoms with van der Waals surface area (Å²) in [5.74, 6) is -0.759. The number of rotatable bonds is 7. The van der Waals surface area contributed by atoms with Gasteiger partial charge in [-0.15, -0.1) is 0 Å². The van der Waals surface area contributed by atoms with Crippen LogP contribution < -0.4 is 20.1 Å². The van der Waals surface area contributed by atoms with Crippen molar-refractivity contribution >= 4 is 21.8 Å². The van der Waals surface area contributed by atoms with E-state index in [0.717, 1.165) is 0 Å². The number of benzene rings is 1. The van der Waals surface area contributed by atoms with Gasteiger partial charge in [0.05, 0.1) is 38.5 Å². The molecule has 1 aromatic carbocycles. The van der Waals surface area contributed by atoms with Crippen molar-refractivity contribution in [2.24, 2.45) is 5.92 Å². The molecular formula is C20H29N3O7S. The van der Waals surface area contributed by atoms with Gasteiger partial charge in [0.15, 0.2) is 5.60 Å². The number of morpholine rings is 1. The molecule has 2 amide bonds. The normalized spacial score (nSPS) is 24.3. The summed E-state index contributed by atoms with van der Waals surface area (Å²) < 4.78 is 43.0. The van der Waals surface area contributed by atoms with Gasteiger partial charge in [-0.1, -0.05) is 0 Å². The van der Waals surface area contributed by atoms with Gasteiger partial charge in [0.1, 0.15) is 11.5 Å². The van der Waals surface area contributed by atoms with Crippen LogP contribution in [0, 0.1) is 5.92 Å². The van der Waals surface area contributed by atoms with Crippen LogP contribution in [0.4, 0.5) is 0 Å². The van der Waals surface area contributed by atoms with Crippen molar-refractivity contribution in [2.45, 2.75) is 31.2 Å². The van der Waals surface area contributed by atoms with Gasteiger partial charge >= 0.3 is 0 Å². The molecule has 0 radical (unpaired) electrons. The Balaban J connectivity index is 1.85. The van der Waals surface area contributed by atoms with Crippen LogP contribution in [0.25, 0.3) is 0 Å². The lowest BCUT2D eigenvalue weighted by Crippen LogP contribution is -2.62. The number of hydrogen-bond donors (Lipinski definition) is 2. The van der Waals surface area contributed by atoms with Gasteiger partial charge < -0.3 is 24.8 Å². The highest BCUT2D eigenvalue weighted by atomic mass is 32.2. The molecule has 31 heavy (non-hydrogen) atoms. The van der Waals surface area contributed by atoms with Crippen molar-refractivity contribution in [1.82, 2.24) is 14.9 Å². The number of carbonyl (C=O) groups excluding carboxylic acids is 2. The van der Waals surface area contributed by atoms with E-state index in [1.807, 2.05) is 0 Å². The van der Waals surface area contributed by atoms with Crippen molar-refractivity contribution in [1.29, 1.82) is 0 Å². The smallest absolute Gasteiger partial charge is 0.254 e. The first-order valence-electron chi connectivity index (χ1n) is 10.1. The van der Waals surface area contributed by atoms with Crippen molar-refractivity contribution in [3.05, 3.63) is 23.8 Å². The van der Waals surface area contributed by atoms with Crippen LogP contribution in [-0.4, -0.2) is 75.8 Å². The monoisotopic (exact) mass is 455 g/mol. The van der Waals surface area contributed by atoms with Crippen LogP contribution in [0.2, 0.25) is 0 Å². The fourth-order valence-corrected chi connectivity index (χ4v) is 5.21. The van der Waals surface area contributed by atoms with E-state index in [4.69, 9.17) is 14.2 Å². The van der Waals surface area contributed by atoms with Crippen LogP contribution in [0.5, 0.6) is 11.5 Å². The van der Waals surface area contributed by atoms with Crippen molar-refractivity contribution in [3.63, 3.8) is 0 Å². The minimum atomic E-state index is -3.67. The molecule has 10 nitrogen and oxygen atoms in total. The summed E-state index contributed by atoms with van der Waals surface area (Å²) in [6.45, 7) is 3.43. The zero-order chi connectivity index (χ0) is 22.8. The number of ether oxygens (including phenoxy) is 3. The summed E-state index contributed by atoms with van der Waals surface area (Å²) in [6, 6.07) is 5.21. The van der Waals surface area contributed by atoms with Crippen LogP contribution in [0.1, 0.15) is 19.4 Å². The lowest BCUT2D eigenvalue weighted by atomic mass is 9.87. The van der Waals surface area contributed by atoms with E-state index in [0.29, 0.717) is 23.6 Å². The molecule has 2 fully saturated rings. The van der Waals surface area contributed by atoms with E-state index in [9.17, 15) is 18.0 Å². The maximum absolute atomic E-state index is 13.2. The van der Waals surface area contributed by atoms with E-state index in [1.165, 1.54) is 18.5 Å². The number of carbonyl (C=O) groups is 2. The molecule has 2 atom stereocenters. The SMILES string of the molecule is COc1ccc(OC)c(CNC(=O)[C@H]2CN(S(=O)(=O)C(C)C)C[C@@]23OCCNC3=O)c1. The second kappa shape index (κ2) is 9.01. The van der Waals surface area contributed by atoms with Gasteiger partial charge in [-0.2, -0.15) is 4.31 Å². The Kier molecular flexibility index (Phi) is 6.77. The standard InChI is InChI=1S/C20H29N3O7S/c1-13(2)31(26,27)23-11-16(20(12-23)19(25)21-7-8-30-20)18(24)22-10-14-9-15(28-3)5-6-17(14)29-4/h5-6,9,13,16H,7-8,10-12H2,1-4H3,(H,21,25)(H,22,24)/t16-,20-/m1/s1. The van der Waals surface area contributed by atoms with Crippen molar-refractivity contribution in [3.8, 4) is 11.5 Å². The molecule has 1 aromatic rings. The fraction of sp³-hybridized carbons (Fsp3) is 0.600. The quantitative estimate of drug-likeness (QED) is 0.587. The summed E-state index contributed by atoms with van der Waals surface area (Å²) in [6.07, 6.45) is 0. The second-order valence-electron chi connectivity index (χ2n) is 7.83. The molecule has 2 aliphatic heterocycles. The molecule has 3 rings (SSSR count). The third-order valence-electron chi connectivity index (χ3n) is 5.70. The van der Waals surface area contributed by atoms with Crippen LogP contribution in [-0.2, 0) is 30.9 Å². The van der Waals surface area contributed by atoms with E-state index >= 15 is 0 Å². The van der Waals surface area contributed by atoms with Crippen molar-refractivity contribution in [2.75, 3.05) is 40.5 Å². The highest BCUT2D eigenvalue weighted by Gasteiger charge is 2.59. The number of nitrogens with zero attached hydrogens (tertiary/aromatic N) is 1. The Morgan fingerprint density at radius 3 is 2.71 bits per heavy atom. The highest BCUT2D eigenvalue weighted by Crippen LogP contribution is 2.36. The molecule has 0 unspecified atom stereocenters. The van der Waals surface area contributed by atoms with Crippen LogP contribution >= 0.6 is 0 Å². The molecule has 1 spiro atoms. The summed E-state index contributed by atoms with van der Waals surface area (Å²) in [5.41, 5.74) is -0.870. The Bertz CT molecular complexity index is 950. The second-order valence-corrected chi connectivity index (χ2v) is 10.3. The van der Waals surface area contributed by atoms with Crippen molar-refractivity contribution < 1.29 is 32.2 Å². The molecule has 2 heterocycles. The minimum absolute atomic E-state index is 0.115. The van der Waals surface area contributed by atoms with Gasteiger partial charge in [0, 0.05) is 25.2 Å². The third-order valence-corrected chi connectivity index (χ3v) is 7.89. The van der Waals surface area contributed by atoms with E-state index in [2.05, 4.69) is 10.6 Å². The minimum Gasteiger partial charge on any atom is -0.497 e. The molecule has 2 N–H and O–H groups in total. The largest absolute Gasteiger partial charge is 0.497 e. The third kappa shape index (κ3) is 4.35. The number of sulfonamides is 1.